The molecule has 0 unspecified atom stereocenters. The van der Waals surface area contributed by atoms with Gasteiger partial charge in [-0.15, -0.1) is 0 Å². The molecule has 1 fully saturated rings. The van der Waals surface area contributed by atoms with Gasteiger partial charge in [-0.2, -0.15) is 0 Å². The maximum atomic E-state index is 13.2. The third-order valence-electron chi connectivity index (χ3n) is 5.28. The topological polar surface area (TPSA) is 61.8 Å². The molecule has 3 rings (SSSR count). The van der Waals surface area contributed by atoms with Gasteiger partial charge in [0.05, 0.1) is 12.1 Å². The van der Waals surface area contributed by atoms with Crippen LogP contribution in [0.1, 0.15) is 30.4 Å². The molecule has 1 aliphatic heterocycles. The van der Waals surface area contributed by atoms with Crippen LogP contribution >= 0.6 is 0 Å². The number of rotatable bonds is 7. The van der Waals surface area contributed by atoms with Crippen LogP contribution in [0, 0.1) is 12.7 Å². The van der Waals surface area contributed by atoms with Crippen LogP contribution in [0.2, 0.25) is 0 Å². The van der Waals surface area contributed by atoms with Crippen LogP contribution in [0.3, 0.4) is 0 Å². The lowest BCUT2D eigenvalue weighted by atomic mass is 9.96. The Labute approximate surface area is 171 Å². The van der Waals surface area contributed by atoms with Gasteiger partial charge in [-0.3, -0.25) is 9.69 Å². The summed E-state index contributed by atoms with van der Waals surface area (Å²) in [5.74, 6) is 0.342. The molecule has 6 heteroatoms. The fourth-order valence-electron chi connectivity index (χ4n) is 3.50. The number of ether oxygens (including phenoxy) is 1. The summed E-state index contributed by atoms with van der Waals surface area (Å²) in [6, 6.07) is 14.0. The first-order valence-corrected chi connectivity index (χ1v) is 10.1. The number of halogens is 1. The first-order chi connectivity index (χ1) is 13.9. The highest BCUT2D eigenvalue weighted by Crippen LogP contribution is 2.24. The highest BCUT2D eigenvalue weighted by Gasteiger charge is 2.31. The Morgan fingerprint density at radius 1 is 1.21 bits per heavy atom. The van der Waals surface area contributed by atoms with Gasteiger partial charge in [0, 0.05) is 13.1 Å². The lowest BCUT2D eigenvalue weighted by Gasteiger charge is -2.27. The number of benzene rings is 2. The molecule has 0 bridgehead atoms. The van der Waals surface area contributed by atoms with Crippen molar-refractivity contribution in [3.05, 3.63) is 65.5 Å². The molecule has 2 N–H and O–H groups in total. The Balaban J connectivity index is 1.43. The lowest BCUT2D eigenvalue weighted by molar-refractivity contribution is -0.122. The van der Waals surface area contributed by atoms with E-state index in [9.17, 15) is 14.3 Å². The maximum Gasteiger partial charge on any atom is 0.234 e. The molecule has 2 aromatic rings. The van der Waals surface area contributed by atoms with Crippen LogP contribution in [0.4, 0.5) is 4.39 Å². The summed E-state index contributed by atoms with van der Waals surface area (Å²) >= 11 is 0. The predicted octanol–water partition coefficient (Wildman–Crippen LogP) is 3.05. The van der Waals surface area contributed by atoms with Crippen molar-refractivity contribution in [1.82, 2.24) is 10.2 Å². The molecule has 2 aromatic carbocycles. The maximum absolute atomic E-state index is 13.2. The third-order valence-corrected chi connectivity index (χ3v) is 5.28. The van der Waals surface area contributed by atoms with Crippen LogP contribution in [0.25, 0.3) is 0 Å². The Bertz CT molecular complexity index is 812. The number of amides is 1. The molecule has 5 nitrogen and oxygen atoms in total. The molecule has 0 saturated carbocycles. The number of nitrogens with one attached hydrogen (secondary N) is 1. The van der Waals surface area contributed by atoms with Crippen LogP contribution in [-0.2, 0) is 11.3 Å². The van der Waals surface area contributed by atoms with Crippen molar-refractivity contribution in [2.24, 2.45) is 0 Å². The van der Waals surface area contributed by atoms with Crippen molar-refractivity contribution in [2.45, 2.75) is 38.3 Å². The summed E-state index contributed by atoms with van der Waals surface area (Å²) in [6.07, 6.45) is 1.99. The summed E-state index contributed by atoms with van der Waals surface area (Å²) in [7, 11) is 0. The average molecular weight is 400 g/mol. The third kappa shape index (κ3) is 6.84. The Kier molecular flexibility index (Phi) is 7.23. The molecule has 29 heavy (non-hydrogen) atoms. The second-order valence-electron chi connectivity index (χ2n) is 7.86. The van der Waals surface area contributed by atoms with E-state index >= 15 is 0 Å². The Morgan fingerprint density at radius 3 is 2.76 bits per heavy atom. The quantitative estimate of drug-likeness (QED) is 0.750. The van der Waals surface area contributed by atoms with E-state index in [0.717, 1.165) is 29.8 Å². The molecule has 1 amide bonds. The molecule has 0 aromatic heterocycles. The highest BCUT2D eigenvalue weighted by atomic mass is 19.1. The van der Waals surface area contributed by atoms with Gasteiger partial charge in [-0.05, 0) is 62.6 Å². The van der Waals surface area contributed by atoms with E-state index in [2.05, 4.69) is 5.32 Å². The van der Waals surface area contributed by atoms with Gasteiger partial charge >= 0.3 is 0 Å². The zero-order valence-corrected chi connectivity index (χ0v) is 16.9. The zero-order valence-electron chi connectivity index (χ0n) is 16.9. The highest BCUT2D eigenvalue weighted by molar-refractivity contribution is 5.78. The van der Waals surface area contributed by atoms with E-state index in [0.29, 0.717) is 25.9 Å². The fourth-order valence-corrected chi connectivity index (χ4v) is 3.50. The first-order valence-electron chi connectivity index (χ1n) is 10.1. The van der Waals surface area contributed by atoms with Crippen LogP contribution < -0.4 is 10.1 Å². The number of hydrogen-bond donors (Lipinski definition) is 2. The van der Waals surface area contributed by atoms with E-state index < -0.39 is 5.60 Å². The number of carbonyl (C=O) groups is 1. The predicted molar refractivity (Wildman–Crippen MR) is 110 cm³/mol. The normalized spacial score (nSPS) is 20.1. The van der Waals surface area contributed by atoms with Gasteiger partial charge in [0.1, 0.15) is 18.2 Å². The largest absolute Gasteiger partial charge is 0.491 e. The van der Waals surface area contributed by atoms with Gasteiger partial charge in [0.15, 0.2) is 0 Å². The second-order valence-corrected chi connectivity index (χ2v) is 7.86. The van der Waals surface area contributed by atoms with E-state index in [4.69, 9.17) is 4.74 Å². The molecule has 156 valence electrons. The van der Waals surface area contributed by atoms with Gasteiger partial charge in [-0.1, -0.05) is 29.8 Å². The molecule has 1 aliphatic rings. The van der Waals surface area contributed by atoms with Crippen molar-refractivity contribution in [1.29, 1.82) is 0 Å². The molecular formula is C23H29FN2O3. The van der Waals surface area contributed by atoms with Gasteiger partial charge < -0.3 is 15.2 Å². The van der Waals surface area contributed by atoms with Gasteiger partial charge in [-0.25, -0.2) is 4.39 Å². The summed E-state index contributed by atoms with van der Waals surface area (Å²) in [4.78, 5) is 14.3. The summed E-state index contributed by atoms with van der Waals surface area (Å²) < 4.78 is 19.0. The monoisotopic (exact) mass is 400 g/mol. The van der Waals surface area contributed by atoms with E-state index in [1.165, 1.54) is 12.1 Å². The number of aryl methyl sites for hydroxylation is 1. The fraction of sp³-hybridized carbons (Fsp3) is 0.435. The van der Waals surface area contributed by atoms with Crippen molar-refractivity contribution in [3.8, 4) is 5.75 Å². The minimum atomic E-state index is -0.891. The van der Waals surface area contributed by atoms with Gasteiger partial charge in [0.2, 0.25) is 5.91 Å². The SMILES string of the molecule is Cc1ccc(OC[C@@]2(O)CCCN(CC(=O)NCc3cccc(F)c3)CC2)cc1. The first kappa shape index (κ1) is 21.3. The molecule has 0 radical (unpaired) electrons. The molecule has 1 atom stereocenters. The van der Waals surface area contributed by atoms with Crippen LogP contribution in [0.15, 0.2) is 48.5 Å². The molecule has 1 heterocycles. The molecule has 0 aliphatic carbocycles. The number of aliphatic hydroxyl groups is 1. The van der Waals surface area contributed by atoms with Crippen molar-refractivity contribution in [2.75, 3.05) is 26.2 Å². The van der Waals surface area contributed by atoms with Gasteiger partial charge in [0.25, 0.3) is 0 Å². The average Bonchev–Trinajstić information content (AvgIpc) is 2.88. The number of likely N-dealkylation sites (tertiary alicyclic amines) is 1. The van der Waals surface area contributed by atoms with E-state index in [1.54, 1.807) is 12.1 Å². The minimum absolute atomic E-state index is 0.101. The summed E-state index contributed by atoms with van der Waals surface area (Å²) in [5, 5.41) is 13.7. The summed E-state index contributed by atoms with van der Waals surface area (Å²) in [5.41, 5.74) is 1.01. The van der Waals surface area contributed by atoms with E-state index in [-0.39, 0.29) is 24.9 Å². The molecular weight excluding hydrogens is 371 g/mol. The smallest absolute Gasteiger partial charge is 0.234 e. The number of nitrogens with zero attached hydrogens (tertiary/aromatic N) is 1. The number of hydrogen-bond acceptors (Lipinski definition) is 4. The second kappa shape index (κ2) is 9.85. The zero-order chi connectivity index (χ0) is 20.7. The number of carbonyl (C=O) groups excluding carboxylic acids is 1. The Hall–Kier alpha value is -2.44. The van der Waals surface area contributed by atoms with Crippen molar-refractivity contribution >= 4 is 5.91 Å². The standard InChI is InChI=1S/C23H29FN2O3/c1-18-6-8-21(9-7-18)29-17-23(28)10-3-12-26(13-11-23)16-22(27)25-15-19-4-2-5-20(24)14-19/h2,4-9,14,28H,3,10-13,15-17H2,1H3,(H,25,27)/t23-/m1/s1. The van der Waals surface area contributed by atoms with Crippen molar-refractivity contribution < 1.29 is 19.0 Å². The molecule has 1 saturated heterocycles. The minimum Gasteiger partial charge on any atom is -0.491 e. The molecule has 0 spiro atoms. The lowest BCUT2D eigenvalue weighted by Crippen LogP contribution is -2.40. The summed E-state index contributed by atoms with van der Waals surface area (Å²) in [6.45, 7) is 4.21. The Morgan fingerprint density at radius 2 is 2.00 bits per heavy atom. The van der Waals surface area contributed by atoms with Crippen LogP contribution in [0.5, 0.6) is 5.75 Å². The van der Waals surface area contributed by atoms with E-state index in [1.807, 2.05) is 36.1 Å². The van der Waals surface area contributed by atoms with Crippen molar-refractivity contribution in [3.63, 3.8) is 0 Å². The van der Waals surface area contributed by atoms with Crippen LogP contribution in [-0.4, -0.2) is 47.8 Å².